The summed E-state index contributed by atoms with van der Waals surface area (Å²) in [7, 11) is -4.53. The van der Waals surface area contributed by atoms with Gasteiger partial charge in [0.15, 0.2) is 0 Å². The van der Waals surface area contributed by atoms with Crippen LogP contribution in [0.4, 0.5) is 8.78 Å². The summed E-state index contributed by atoms with van der Waals surface area (Å²) < 4.78 is 59.5. The van der Waals surface area contributed by atoms with E-state index in [0.29, 0.717) is 5.75 Å². The van der Waals surface area contributed by atoms with Gasteiger partial charge in [0.05, 0.1) is 6.42 Å². The van der Waals surface area contributed by atoms with Gasteiger partial charge in [-0.1, -0.05) is 0 Å². The van der Waals surface area contributed by atoms with Crippen LogP contribution in [0.15, 0.2) is 40.1 Å². The Balaban J connectivity index is 1.27. The molecule has 1 aromatic carbocycles. The van der Waals surface area contributed by atoms with Crippen LogP contribution in [0.25, 0.3) is 0 Å². The number of allylic oxidation sites excluding steroid dienone is 1. The second-order valence-corrected chi connectivity index (χ2v) is 13.5. The van der Waals surface area contributed by atoms with Crippen molar-refractivity contribution in [3.63, 3.8) is 0 Å². The first kappa shape index (κ1) is 25.5. The minimum Gasteiger partial charge on any atom is -0.459 e. The number of hydrogen-bond donors (Lipinski definition) is 0. The van der Waals surface area contributed by atoms with Crippen LogP contribution < -0.4 is 4.18 Å². The maximum Gasteiger partial charge on any atom is 0.340 e. The monoisotopic (exact) mass is 514 g/mol. The molecular formula is C25H32F2O5S2. The van der Waals surface area contributed by atoms with Crippen molar-refractivity contribution in [2.75, 3.05) is 5.75 Å². The maximum absolute atomic E-state index is 12.7. The molecule has 0 radical (unpaired) electrons. The number of rotatable bonds is 9. The van der Waals surface area contributed by atoms with Crippen LogP contribution in [-0.2, 0) is 19.6 Å². The molecule has 9 heteroatoms. The van der Waals surface area contributed by atoms with E-state index >= 15 is 0 Å². The zero-order chi connectivity index (χ0) is 24.7. The average Bonchev–Trinajstić information content (AvgIpc) is 2.72. The topological polar surface area (TPSA) is 69.7 Å². The van der Waals surface area contributed by atoms with E-state index in [1.54, 1.807) is 12.1 Å². The lowest BCUT2D eigenvalue weighted by Gasteiger charge is -2.61. The van der Waals surface area contributed by atoms with Crippen molar-refractivity contribution < 1.29 is 30.9 Å². The molecule has 0 heterocycles. The Kier molecular flexibility index (Phi) is 7.08. The van der Waals surface area contributed by atoms with Crippen LogP contribution in [0, 0.1) is 23.2 Å². The van der Waals surface area contributed by atoms with Crippen LogP contribution in [0.5, 0.6) is 5.75 Å². The van der Waals surface area contributed by atoms with E-state index in [-0.39, 0.29) is 23.6 Å². The van der Waals surface area contributed by atoms with Crippen molar-refractivity contribution in [1.82, 2.24) is 0 Å². The molecule has 0 atom stereocenters. The Labute approximate surface area is 204 Å². The summed E-state index contributed by atoms with van der Waals surface area (Å²) in [6.07, 6.45) is 5.52. The molecule has 4 saturated carbocycles. The molecule has 4 aliphatic rings. The number of ether oxygens (including phenoxy) is 1. The lowest BCUT2D eigenvalue weighted by atomic mass is 9.46. The standard InChI is InChI=1S/C25H32F2O5S2/c1-16(23(26)27)34(29,30)32-20-4-6-21(7-5-20)33-9-8-22(28)31-24(2,3)25-13-17-10-18(14-25)12-19(11-17)15-25/h4-7,17-19H,8-15H2,1-3H3. The summed E-state index contributed by atoms with van der Waals surface area (Å²) in [6.45, 7) is 4.96. The average molecular weight is 515 g/mol. The van der Waals surface area contributed by atoms with Gasteiger partial charge < -0.3 is 8.92 Å². The summed E-state index contributed by atoms with van der Waals surface area (Å²) in [5.41, 5.74) is -0.361. The number of carbonyl (C=O) groups is 1. The van der Waals surface area contributed by atoms with Gasteiger partial charge in [0.2, 0.25) is 0 Å². The van der Waals surface area contributed by atoms with Gasteiger partial charge in [-0.2, -0.15) is 17.2 Å². The highest BCUT2D eigenvalue weighted by Crippen LogP contribution is 2.64. The second kappa shape index (κ2) is 9.45. The molecule has 4 bridgehead atoms. The fourth-order valence-electron chi connectivity index (χ4n) is 6.42. The number of esters is 1. The summed E-state index contributed by atoms with van der Waals surface area (Å²) in [5.74, 6) is 2.63. The molecule has 4 aliphatic carbocycles. The van der Waals surface area contributed by atoms with E-state index in [1.807, 2.05) is 0 Å². The number of hydrogen-bond acceptors (Lipinski definition) is 6. The predicted octanol–water partition coefficient (Wildman–Crippen LogP) is 6.54. The van der Waals surface area contributed by atoms with Crippen LogP contribution in [0.3, 0.4) is 0 Å². The van der Waals surface area contributed by atoms with Gasteiger partial charge in [0, 0.05) is 16.1 Å². The van der Waals surface area contributed by atoms with E-state index in [2.05, 4.69) is 13.8 Å². The van der Waals surface area contributed by atoms with Gasteiger partial charge in [0.1, 0.15) is 16.3 Å². The van der Waals surface area contributed by atoms with Gasteiger partial charge in [-0.25, -0.2) is 0 Å². The first-order valence-corrected chi connectivity index (χ1v) is 14.2. The Hall–Kier alpha value is -1.61. The molecule has 0 spiro atoms. The molecule has 0 aromatic heterocycles. The van der Waals surface area contributed by atoms with E-state index in [0.717, 1.165) is 29.6 Å². The number of carbonyl (C=O) groups excluding carboxylic acids is 1. The van der Waals surface area contributed by atoms with Crippen molar-refractivity contribution in [3.05, 3.63) is 35.3 Å². The molecule has 0 amide bonds. The first-order chi connectivity index (χ1) is 15.9. The van der Waals surface area contributed by atoms with E-state index < -0.39 is 26.7 Å². The van der Waals surface area contributed by atoms with Crippen molar-refractivity contribution in [3.8, 4) is 5.75 Å². The molecule has 0 unspecified atom stereocenters. The zero-order valence-corrected chi connectivity index (χ0v) is 21.4. The van der Waals surface area contributed by atoms with Crippen molar-refractivity contribution in [1.29, 1.82) is 0 Å². The highest BCUT2D eigenvalue weighted by molar-refractivity contribution is 7.99. The fourth-order valence-corrected chi connectivity index (χ4v) is 7.93. The third-order valence-corrected chi connectivity index (χ3v) is 10.3. The van der Waals surface area contributed by atoms with Gasteiger partial charge in [-0.05, 0) is 101 Å². The SMILES string of the molecule is CC(=C(F)F)S(=O)(=O)Oc1ccc(SCCC(=O)OC(C)(C)C23CC4CC(CC(C4)C2)C3)cc1. The normalized spacial score (nSPS) is 28.0. The Morgan fingerprint density at radius 1 is 1.06 bits per heavy atom. The van der Waals surface area contributed by atoms with E-state index in [9.17, 15) is 22.0 Å². The van der Waals surface area contributed by atoms with E-state index in [4.69, 9.17) is 8.92 Å². The lowest BCUT2D eigenvalue weighted by Crippen LogP contribution is -2.57. The van der Waals surface area contributed by atoms with Gasteiger partial charge in [0.25, 0.3) is 6.08 Å². The van der Waals surface area contributed by atoms with Crippen LogP contribution in [-0.4, -0.2) is 25.7 Å². The van der Waals surface area contributed by atoms with E-state index in [1.165, 1.54) is 62.4 Å². The summed E-state index contributed by atoms with van der Waals surface area (Å²) in [6, 6.07) is 6.06. The number of benzene rings is 1. The molecular weight excluding hydrogens is 482 g/mol. The van der Waals surface area contributed by atoms with Crippen molar-refractivity contribution in [2.45, 2.75) is 76.2 Å². The zero-order valence-electron chi connectivity index (χ0n) is 19.8. The molecule has 0 aliphatic heterocycles. The summed E-state index contributed by atoms with van der Waals surface area (Å²) in [5, 5.41) is 0. The number of thioether (sulfide) groups is 1. The molecule has 5 rings (SSSR count). The Bertz CT molecular complexity index is 1020. The van der Waals surface area contributed by atoms with Gasteiger partial charge in [-0.3, -0.25) is 4.79 Å². The van der Waals surface area contributed by atoms with Crippen molar-refractivity contribution >= 4 is 27.8 Å². The largest absolute Gasteiger partial charge is 0.459 e. The van der Waals surface area contributed by atoms with Crippen LogP contribution in [0.1, 0.15) is 65.7 Å². The third-order valence-electron chi connectivity index (χ3n) is 7.93. The molecule has 34 heavy (non-hydrogen) atoms. The van der Waals surface area contributed by atoms with Gasteiger partial charge in [-0.15, -0.1) is 11.8 Å². The third kappa shape index (κ3) is 5.30. The maximum atomic E-state index is 12.7. The first-order valence-electron chi connectivity index (χ1n) is 11.8. The summed E-state index contributed by atoms with van der Waals surface area (Å²) >= 11 is 1.44. The Morgan fingerprint density at radius 2 is 1.59 bits per heavy atom. The van der Waals surface area contributed by atoms with Crippen molar-refractivity contribution in [2.24, 2.45) is 23.2 Å². The smallest absolute Gasteiger partial charge is 0.340 e. The fraction of sp³-hybridized carbons (Fsp3) is 0.640. The molecule has 0 N–H and O–H groups in total. The minimum absolute atomic E-state index is 0.0540. The highest BCUT2D eigenvalue weighted by Gasteiger charge is 2.58. The lowest BCUT2D eigenvalue weighted by molar-refractivity contribution is -0.198. The molecule has 5 nitrogen and oxygen atoms in total. The van der Waals surface area contributed by atoms with Gasteiger partial charge >= 0.3 is 16.1 Å². The molecule has 1 aromatic rings. The Morgan fingerprint density at radius 3 is 2.09 bits per heavy atom. The predicted molar refractivity (Wildman–Crippen MR) is 127 cm³/mol. The quantitative estimate of drug-likeness (QED) is 0.212. The second-order valence-electron chi connectivity index (χ2n) is 10.6. The molecule has 188 valence electrons. The highest BCUT2D eigenvalue weighted by atomic mass is 32.2. The molecule has 0 saturated heterocycles. The van der Waals surface area contributed by atoms with Crippen LogP contribution in [0.2, 0.25) is 0 Å². The number of halogens is 2. The summed E-state index contributed by atoms with van der Waals surface area (Å²) in [4.78, 5) is 12.4. The minimum atomic E-state index is -4.53. The molecule has 4 fully saturated rings. The van der Waals surface area contributed by atoms with Crippen LogP contribution >= 0.6 is 11.8 Å².